The molecule has 1 atom stereocenters. The molecule has 0 spiro atoms. The molecule has 18 heavy (non-hydrogen) atoms. The summed E-state index contributed by atoms with van der Waals surface area (Å²) in [5.74, 6) is 0.715. The molecule has 5 heteroatoms. The van der Waals surface area contributed by atoms with Gasteiger partial charge in [-0.2, -0.15) is 5.10 Å². The lowest BCUT2D eigenvalue weighted by Crippen LogP contribution is -2.13. The van der Waals surface area contributed by atoms with Crippen molar-refractivity contribution in [2.24, 2.45) is 11.7 Å². The van der Waals surface area contributed by atoms with Crippen LogP contribution in [-0.2, 0) is 6.54 Å². The summed E-state index contributed by atoms with van der Waals surface area (Å²) in [6.45, 7) is 5.55. The number of carbonyl (C=O) groups excluding carboxylic acids is 1. The minimum absolute atomic E-state index is 0.164. The number of halogens is 1. The standard InChI is InChI=1S/C13H22BrN3O/c1-3-10(7-8-15)5-6-12(18)13-11(14)9-16-17(13)4-2/h9-10H,3-8,15H2,1-2H3. The summed E-state index contributed by atoms with van der Waals surface area (Å²) in [6, 6.07) is 0. The third-order valence-corrected chi connectivity index (χ3v) is 3.87. The van der Waals surface area contributed by atoms with Crippen LogP contribution in [0.2, 0.25) is 0 Å². The minimum Gasteiger partial charge on any atom is -0.330 e. The lowest BCUT2D eigenvalue weighted by molar-refractivity contribution is 0.0961. The first kappa shape index (κ1) is 15.4. The van der Waals surface area contributed by atoms with Crippen molar-refractivity contribution in [1.29, 1.82) is 0 Å². The second kappa shape index (κ2) is 7.69. The Morgan fingerprint density at radius 1 is 1.50 bits per heavy atom. The van der Waals surface area contributed by atoms with E-state index in [4.69, 9.17) is 5.73 Å². The summed E-state index contributed by atoms with van der Waals surface area (Å²) in [5.41, 5.74) is 6.26. The molecule has 1 unspecified atom stereocenters. The molecule has 0 radical (unpaired) electrons. The number of aromatic nitrogens is 2. The van der Waals surface area contributed by atoms with Crippen LogP contribution in [0.15, 0.2) is 10.7 Å². The number of carbonyl (C=O) groups is 1. The maximum atomic E-state index is 12.2. The number of nitrogens with two attached hydrogens (primary N) is 1. The largest absolute Gasteiger partial charge is 0.330 e. The maximum absolute atomic E-state index is 12.2. The van der Waals surface area contributed by atoms with Crippen LogP contribution in [0.25, 0.3) is 0 Å². The van der Waals surface area contributed by atoms with Crippen LogP contribution in [0.1, 0.15) is 50.0 Å². The van der Waals surface area contributed by atoms with E-state index in [1.165, 1.54) is 0 Å². The van der Waals surface area contributed by atoms with Gasteiger partial charge in [-0.3, -0.25) is 9.48 Å². The Hall–Kier alpha value is -0.680. The normalized spacial score (nSPS) is 12.7. The van der Waals surface area contributed by atoms with Crippen LogP contribution >= 0.6 is 15.9 Å². The number of rotatable bonds is 8. The molecule has 0 aliphatic rings. The predicted molar refractivity (Wildman–Crippen MR) is 76.6 cm³/mol. The first-order valence-electron chi connectivity index (χ1n) is 6.58. The summed E-state index contributed by atoms with van der Waals surface area (Å²) >= 11 is 3.39. The van der Waals surface area contributed by atoms with Crippen molar-refractivity contribution >= 4 is 21.7 Å². The average molecular weight is 316 g/mol. The van der Waals surface area contributed by atoms with Gasteiger partial charge in [0.2, 0.25) is 0 Å². The van der Waals surface area contributed by atoms with Crippen molar-refractivity contribution in [2.75, 3.05) is 6.54 Å². The zero-order valence-electron chi connectivity index (χ0n) is 11.2. The monoisotopic (exact) mass is 315 g/mol. The number of ketones is 1. The summed E-state index contributed by atoms with van der Waals surface area (Å²) in [5, 5.41) is 4.17. The van der Waals surface area contributed by atoms with Gasteiger partial charge < -0.3 is 5.73 Å². The summed E-state index contributed by atoms with van der Waals surface area (Å²) < 4.78 is 2.54. The first-order chi connectivity index (χ1) is 8.63. The van der Waals surface area contributed by atoms with Gasteiger partial charge in [0.05, 0.1) is 10.7 Å². The lowest BCUT2D eigenvalue weighted by Gasteiger charge is -2.13. The zero-order chi connectivity index (χ0) is 13.5. The topological polar surface area (TPSA) is 60.9 Å². The predicted octanol–water partition coefficient (Wildman–Crippen LogP) is 3.00. The summed E-state index contributed by atoms with van der Waals surface area (Å²) in [6.07, 6.45) is 5.25. The Balaban J connectivity index is 2.62. The van der Waals surface area contributed by atoms with Gasteiger partial charge in [-0.25, -0.2) is 0 Å². The van der Waals surface area contributed by atoms with E-state index in [1.54, 1.807) is 10.9 Å². The second-order valence-corrected chi connectivity index (χ2v) is 5.32. The van der Waals surface area contributed by atoms with Crippen LogP contribution in [0, 0.1) is 5.92 Å². The van der Waals surface area contributed by atoms with Crippen molar-refractivity contribution in [3.8, 4) is 0 Å². The molecule has 0 aliphatic heterocycles. The van der Waals surface area contributed by atoms with Crippen LogP contribution in [0.3, 0.4) is 0 Å². The first-order valence-corrected chi connectivity index (χ1v) is 7.37. The Morgan fingerprint density at radius 3 is 2.78 bits per heavy atom. The molecule has 0 amide bonds. The Kier molecular flexibility index (Phi) is 6.57. The van der Waals surface area contributed by atoms with Crippen molar-refractivity contribution in [2.45, 2.75) is 46.1 Å². The molecule has 2 N–H and O–H groups in total. The number of Topliss-reactive ketones (excluding diaryl/α,β-unsaturated/α-hetero) is 1. The highest BCUT2D eigenvalue weighted by molar-refractivity contribution is 9.10. The SMILES string of the molecule is CCC(CCN)CCC(=O)c1c(Br)cnn1CC. The average Bonchev–Trinajstić information content (AvgIpc) is 2.75. The Labute approximate surface area is 117 Å². The molecule has 1 aromatic heterocycles. The minimum atomic E-state index is 0.164. The van der Waals surface area contributed by atoms with E-state index in [1.807, 2.05) is 6.92 Å². The molecular weight excluding hydrogens is 294 g/mol. The summed E-state index contributed by atoms with van der Waals surface area (Å²) in [4.78, 5) is 12.2. The molecule has 0 bridgehead atoms. The van der Waals surface area contributed by atoms with E-state index < -0.39 is 0 Å². The van der Waals surface area contributed by atoms with E-state index in [9.17, 15) is 4.79 Å². The van der Waals surface area contributed by atoms with Gasteiger partial charge in [0.25, 0.3) is 0 Å². The molecule has 102 valence electrons. The van der Waals surface area contributed by atoms with Gasteiger partial charge in [0, 0.05) is 13.0 Å². The highest BCUT2D eigenvalue weighted by Crippen LogP contribution is 2.21. The zero-order valence-corrected chi connectivity index (χ0v) is 12.7. The van der Waals surface area contributed by atoms with Crippen molar-refractivity contribution < 1.29 is 4.79 Å². The van der Waals surface area contributed by atoms with E-state index in [-0.39, 0.29) is 5.78 Å². The third kappa shape index (κ3) is 3.92. The van der Waals surface area contributed by atoms with Crippen molar-refractivity contribution in [1.82, 2.24) is 9.78 Å². The van der Waals surface area contributed by atoms with Gasteiger partial charge in [-0.05, 0) is 48.2 Å². The Morgan fingerprint density at radius 2 is 2.22 bits per heavy atom. The highest BCUT2D eigenvalue weighted by atomic mass is 79.9. The van der Waals surface area contributed by atoms with Crippen molar-refractivity contribution in [3.05, 3.63) is 16.4 Å². The second-order valence-electron chi connectivity index (χ2n) is 4.47. The molecule has 1 rings (SSSR count). The van der Waals surface area contributed by atoms with Crippen LogP contribution in [0.4, 0.5) is 0 Å². The number of hydrogen-bond acceptors (Lipinski definition) is 3. The number of hydrogen-bond donors (Lipinski definition) is 1. The highest BCUT2D eigenvalue weighted by Gasteiger charge is 2.17. The number of nitrogens with zero attached hydrogens (tertiary/aromatic N) is 2. The maximum Gasteiger partial charge on any atom is 0.182 e. The third-order valence-electron chi connectivity index (χ3n) is 3.29. The number of aryl methyl sites for hydroxylation is 1. The van der Waals surface area contributed by atoms with Crippen LogP contribution in [-0.4, -0.2) is 22.1 Å². The van der Waals surface area contributed by atoms with E-state index in [2.05, 4.69) is 28.0 Å². The van der Waals surface area contributed by atoms with Crippen molar-refractivity contribution in [3.63, 3.8) is 0 Å². The molecule has 0 aliphatic carbocycles. The Bertz CT molecular complexity index is 390. The van der Waals surface area contributed by atoms with E-state index >= 15 is 0 Å². The quantitative estimate of drug-likeness (QED) is 0.750. The molecule has 0 fully saturated rings. The molecule has 1 aromatic rings. The van der Waals surface area contributed by atoms with Crippen LogP contribution in [0.5, 0.6) is 0 Å². The van der Waals surface area contributed by atoms with Crippen LogP contribution < -0.4 is 5.73 Å². The fourth-order valence-corrected chi connectivity index (χ4v) is 2.64. The van der Waals surface area contributed by atoms with E-state index in [0.717, 1.165) is 23.7 Å². The van der Waals surface area contributed by atoms with Gasteiger partial charge >= 0.3 is 0 Å². The molecule has 0 aromatic carbocycles. The molecule has 4 nitrogen and oxygen atoms in total. The molecular formula is C13H22BrN3O. The lowest BCUT2D eigenvalue weighted by atomic mass is 9.95. The van der Waals surface area contributed by atoms with E-state index in [0.29, 0.717) is 31.1 Å². The smallest absolute Gasteiger partial charge is 0.182 e. The fraction of sp³-hybridized carbons (Fsp3) is 0.692. The summed E-state index contributed by atoms with van der Waals surface area (Å²) in [7, 11) is 0. The van der Waals surface area contributed by atoms with Gasteiger partial charge in [-0.15, -0.1) is 0 Å². The van der Waals surface area contributed by atoms with Gasteiger partial charge in [-0.1, -0.05) is 13.3 Å². The molecule has 0 saturated heterocycles. The van der Waals surface area contributed by atoms with Gasteiger partial charge in [0.1, 0.15) is 5.69 Å². The molecule has 0 saturated carbocycles. The molecule has 1 heterocycles. The fourth-order valence-electron chi connectivity index (χ4n) is 2.12. The van der Waals surface area contributed by atoms with Gasteiger partial charge in [0.15, 0.2) is 5.78 Å².